The molecule has 1 unspecified atom stereocenters. The van der Waals surface area contributed by atoms with E-state index in [1.807, 2.05) is 0 Å². The number of hydrogen-bond acceptors (Lipinski definition) is 2. The second-order valence-electron chi connectivity index (χ2n) is 6.29. The fraction of sp³-hybridized carbons (Fsp3) is 0.667. The van der Waals surface area contributed by atoms with E-state index in [9.17, 15) is 0 Å². The number of ether oxygens (including phenoxy) is 1. The Kier molecular flexibility index (Phi) is 4.30. The van der Waals surface area contributed by atoms with Gasteiger partial charge in [0.05, 0.1) is 0 Å². The SMILES string of the molecule is CCCN(CCC)C1COc2cc3c(cc2C1)CCC3. The number of benzene rings is 1. The molecule has 20 heavy (non-hydrogen) atoms. The van der Waals surface area contributed by atoms with Gasteiger partial charge in [0.1, 0.15) is 12.4 Å². The number of hydrogen-bond donors (Lipinski definition) is 0. The van der Waals surface area contributed by atoms with E-state index in [1.54, 1.807) is 5.56 Å². The van der Waals surface area contributed by atoms with E-state index in [4.69, 9.17) is 4.74 Å². The molecule has 0 N–H and O–H groups in total. The molecule has 0 fully saturated rings. The minimum absolute atomic E-state index is 0.571. The van der Waals surface area contributed by atoms with Gasteiger partial charge in [-0.25, -0.2) is 0 Å². The third kappa shape index (κ3) is 2.71. The number of rotatable bonds is 5. The number of nitrogens with zero attached hydrogens (tertiary/aromatic N) is 1. The Bertz CT molecular complexity index is 463. The Hall–Kier alpha value is -1.02. The molecule has 1 aromatic rings. The Morgan fingerprint density at radius 3 is 2.45 bits per heavy atom. The molecule has 1 aliphatic heterocycles. The normalized spacial score (nSPS) is 20.6. The van der Waals surface area contributed by atoms with Crippen LogP contribution < -0.4 is 4.74 Å². The van der Waals surface area contributed by atoms with Crippen molar-refractivity contribution in [2.75, 3.05) is 19.7 Å². The van der Waals surface area contributed by atoms with Gasteiger partial charge < -0.3 is 4.74 Å². The van der Waals surface area contributed by atoms with Crippen LogP contribution in [0.1, 0.15) is 49.8 Å². The van der Waals surface area contributed by atoms with Crippen LogP contribution in [0, 0.1) is 0 Å². The summed E-state index contributed by atoms with van der Waals surface area (Å²) in [6, 6.07) is 5.32. The standard InChI is InChI=1S/C18H27NO/c1-3-8-19(9-4-2)17-11-16-10-14-6-5-7-15(14)12-18(16)20-13-17/h10,12,17H,3-9,11,13H2,1-2H3. The van der Waals surface area contributed by atoms with Gasteiger partial charge in [-0.3, -0.25) is 4.90 Å². The highest BCUT2D eigenvalue weighted by Gasteiger charge is 2.26. The Morgan fingerprint density at radius 1 is 1.05 bits per heavy atom. The molecule has 1 aliphatic carbocycles. The second-order valence-corrected chi connectivity index (χ2v) is 6.29. The van der Waals surface area contributed by atoms with Crippen LogP contribution in [0.5, 0.6) is 5.75 Å². The lowest BCUT2D eigenvalue weighted by Gasteiger charge is -2.35. The Morgan fingerprint density at radius 2 is 1.75 bits per heavy atom. The summed E-state index contributed by atoms with van der Waals surface area (Å²) in [7, 11) is 0. The van der Waals surface area contributed by atoms with E-state index in [-0.39, 0.29) is 0 Å². The first kappa shape index (κ1) is 13.9. The number of fused-ring (bicyclic) bond motifs is 2. The van der Waals surface area contributed by atoms with Crippen LogP contribution in [0.15, 0.2) is 12.1 Å². The monoisotopic (exact) mass is 273 g/mol. The molecule has 1 aromatic carbocycles. The summed E-state index contributed by atoms with van der Waals surface area (Å²) in [5.41, 5.74) is 4.55. The van der Waals surface area contributed by atoms with Gasteiger partial charge in [0.25, 0.3) is 0 Å². The summed E-state index contributed by atoms with van der Waals surface area (Å²) in [6.45, 7) is 7.80. The van der Waals surface area contributed by atoms with Crippen LogP contribution in [0.4, 0.5) is 0 Å². The van der Waals surface area contributed by atoms with Gasteiger partial charge in [0, 0.05) is 6.04 Å². The van der Waals surface area contributed by atoms with Crippen molar-refractivity contribution in [1.29, 1.82) is 0 Å². The highest BCUT2D eigenvalue weighted by Crippen LogP contribution is 2.33. The maximum absolute atomic E-state index is 6.09. The molecule has 2 heteroatoms. The molecule has 0 saturated heterocycles. The van der Waals surface area contributed by atoms with Crippen molar-refractivity contribution in [3.63, 3.8) is 0 Å². The van der Waals surface area contributed by atoms with Crippen molar-refractivity contribution in [3.05, 3.63) is 28.8 Å². The molecule has 3 rings (SSSR count). The first-order valence-electron chi connectivity index (χ1n) is 8.33. The van der Waals surface area contributed by atoms with Crippen LogP contribution >= 0.6 is 0 Å². The largest absolute Gasteiger partial charge is 0.492 e. The quantitative estimate of drug-likeness (QED) is 0.812. The molecular weight excluding hydrogens is 246 g/mol. The predicted molar refractivity (Wildman–Crippen MR) is 83.6 cm³/mol. The van der Waals surface area contributed by atoms with Gasteiger partial charge in [-0.15, -0.1) is 0 Å². The van der Waals surface area contributed by atoms with E-state index in [1.165, 1.54) is 62.7 Å². The molecule has 0 bridgehead atoms. The summed E-state index contributed by atoms with van der Waals surface area (Å²) < 4.78 is 6.09. The molecule has 2 nitrogen and oxygen atoms in total. The zero-order valence-corrected chi connectivity index (χ0v) is 13.0. The third-order valence-electron chi connectivity index (χ3n) is 4.70. The Balaban J connectivity index is 1.77. The predicted octanol–water partition coefficient (Wildman–Crippen LogP) is 3.60. The van der Waals surface area contributed by atoms with Gasteiger partial charge in [0.15, 0.2) is 0 Å². The van der Waals surface area contributed by atoms with Crippen molar-refractivity contribution in [2.45, 2.75) is 58.4 Å². The zero-order chi connectivity index (χ0) is 13.9. The lowest BCUT2D eigenvalue weighted by atomic mass is 9.97. The number of aryl methyl sites for hydroxylation is 2. The lowest BCUT2D eigenvalue weighted by molar-refractivity contribution is 0.119. The molecule has 110 valence electrons. The molecule has 1 heterocycles. The fourth-order valence-corrected chi connectivity index (χ4v) is 3.73. The van der Waals surface area contributed by atoms with Crippen LogP contribution in [-0.4, -0.2) is 30.6 Å². The summed E-state index contributed by atoms with van der Waals surface area (Å²) in [5.74, 6) is 1.16. The lowest BCUT2D eigenvalue weighted by Crippen LogP contribution is -2.44. The van der Waals surface area contributed by atoms with Gasteiger partial charge in [0.2, 0.25) is 0 Å². The summed E-state index contributed by atoms with van der Waals surface area (Å²) in [4.78, 5) is 2.62. The van der Waals surface area contributed by atoms with Crippen molar-refractivity contribution >= 4 is 0 Å². The minimum Gasteiger partial charge on any atom is -0.492 e. The van der Waals surface area contributed by atoms with Crippen LogP contribution in [0.25, 0.3) is 0 Å². The highest BCUT2D eigenvalue weighted by atomic mass is 16.5. The van der Waals surface area contributed by atoms with Crippen molar-refractivity contribution < 1.29 is 4.74 Å². The molecular formula is C18H27NO. The fourth-order valence-electron chi connectivity index (χ4n) is 3.73. The summed E-state index contributed by atoms with van der Waals surface area (Å²) in [6.07, 6.45) is 7.46. The maximum atomic E-state index is 6.09. The first-order valence-corrected chi connectivity index (χ1v) is 8.33. The van der Waals surface area contributed by atoms with E-state index >= 15 is 0 Å². The van der Waals surface area contributed by atoms with Crippen molar-refractivity contribution in [3.8, 4) is 5.75 Å². The summed E-state index contributed by atoms with van der Waals surface area (Å²) >= 11 is 0. The highest BCUT2D eigenvalue weighted by molar-refractivity contribution is 5.46. The van der Waals surface area contributed by atoms with Crippen molar-refractivity contribution in [1.82, 2.24) is 4.90 Å². The molecule has 0 aromatic heterocycles. The zero-order valence-electron chi connectivity index (χ0n) is 13.0. The minimum atomic E-state index is 0.571. The van der Waals surface area contributed by atoms with Crippen LogP contribution in [0.2, 0.25) is 0 Å². The van der Waals surface area contributed by atoms with Gasteiger partial charge in [-0.2, -0.15) is 0 Å². The molecule has 0 radical (unpaired) electrons. The first-order chi connectivity index (χ1) is 9.81. The second kappa shape index (κ2) is 6.17. The van der Waals surface area contributed by atoms with E-state index in [0.717, 1.165) is 12.4 Å². The van der Waals surface area contributed by atoms with Gasteiger partial charge >= 0.3 is 0 Å². The molecule has 0 saturated carbocycles. The van der Waals surface area contributed by atoms with Crippen LogP contribution in [-0.2, 0) is 19.3 Å². The summed E-state index contributed by atoms with van der Waals surface area (Å²) in [5, 5.41) is 0. The van der Waals surface area contributed by atoms with E-state index in [0.29, 0.717) is 6.04 Å². The maximum Gasteiger partial charge on any atom is 0.122 e. The van der Waals surface area contributed by atoms with E-state index in [2.05, 4.69) is 30.9 Å². The van der Waals surface area contributed by atoms with Crippen LogP contribution in [0.3, 0.4) is 0 Å². The van der Waals surface area contributed by atoms with Gasteiger partial charge in [-0.05, 0) is 74.4 Å². The molecule has 0 amide bonds. The smallest absolute Gasteiger partial charge is 0.122 e. The van der Waals surface area contributed by atoms with E-state index < -0.39 is 0 Å². The van der Waals surface area contributed by atoms with Crippen molar-refractivity contribution in [2.24, 2.45) is 0 Å². The third-order valence-corrected chi connectivity index (χ3v) is 4.70. The average molecular weight is 273 g/mol. The topological polar surface area (TPSA) is 12.5 Å². The van der Waals surface area contributed by atoms with Gasteiger partial charge in [-0.1, -0.05) is 19.9 Å². The molecule has 1 atom stereocenters. The average Bonchev–Trinajstić information content (AvgIpc) is 2.91. The molecule has 2 aliphatic rings. The molecule has 0 spiro atoms. The Labute approximate surface area is 123 Å².